The summed E-state index contributed by atoms with van der Waals surface area (Å²) in [4.78, 5) is 14.9. The molecule has 4 nitrogen and oxygen atoms in total. The molecule has 3 N–H and O–H groups in total. The molecule has 0 fully saturated rings. The number of aromatic amines is 1. The smallest absolute Gasteiger partial charge is 0.254 e. The van der Waals surface area contributed by atoms with Crippen molar-refractivity contribution in [3.8, 4) is 0 Å². The van der Waals surface area contributed by atoms with Crippen molar-refractivity contribution in [1.29, 1.82) is 0 Å². The van der Waals surface area contributed by atoms with Crippen molar-refractivity contribution >= 4 is 18.1 Å². The van der Waals surface area contributed by atoms with Gasteiger partial charge >= 0.3 is 0 Å². The molecule has 1 aromatic heterocycles. The van der Waals surface area contributed by atoms with Gasteiger partial charge in [0.2, 0.25) is 0 Å². The molecular formula is C15H15FN2O2S. The molecule has 0 saturated carbocycles. The van der Waals surface area contributed by atoms with E-state index < -0.39 is 12.1 Å². The number of aromatic nitrogens is 1. The first-order valence-corrected chi connectivity index (χ1v) is 6.82. The van der Waals surface area contributed by atoms with Crippen LogP contribution in [0.15, 0.2) is 42.6 Å². The van der Waals surface area contributed by atoms with Crippen molar-refractivity contribution in [3.63, 3.8) is 0 Å². The minimum absolute atomic E-state index is 0.332. The predicted octanol–water partition coefficient (Wildman–Crippen LogP) is 2.74. The Morgan fingerprint density at radius 2 is 2.00 bits per heavy atom. The molecule has 1 aromatic carbocycles. The second-order valence-corrected chi connectivity index (χ2v) is 5.08. The molecule has 0 aliphatic rings. The van der Waals surface area contributed by atoms with E-state index in [2.05, 4.69) is 10.3 Å². The molecule has 0 aliphatic heterocycles. The van der Waals surface area contributed by atoms with Crippen LogP contribution in [-0.4, -0.2) is 22.0 Å². The Hall–Kier alpha value is -2.05. The number of pyridine rings is 1. The Labute approximate surface area is 126 Å². The van der Waals surface area contributed by atoms with E-state index >= 15 is 0 Å². The van der Waals surface area contributed by atoms with Crippen LogP contribution in [-0.2, 0) is 0 Å². The molecule has 2 aromatic rings. The second kappa shape index (κ2) is 6.60. The molecule has 1 heterocycles. The molecule has 2 atom stereocenters. The van der Waals surface area contributed by atoms with E-state index in [1.807, 2.05) is 0 Å². The van der Waals surface area contributed by atoms with Gasteiger partial charge in [0, 0.05) is 6.20 Å². The number of aliphatic hydroxyl groups is 1. The van der Waals surface area contributed by atoms with Crippen LogP contribution in [0, 0.1) is 10.5 Å². The Morgan fingerprint density at radius 1 is 1.33 bits per heavy atom. The average molecular weight is 306 g/mol. The van der Waals surface area contributed by atoms with Gasteiger partial charge in [0.1, 0.15) is 10.5 Å². The fourth-order valence-corrected chi connectivity index (χ4v) is 2.14. The number of hydrogen-bond donors (Lipinski definition) is 3. The molecule has 0 spiro atoms. The highest BCUT2D eigenvalue weighted by Crippen LogP contribution is 2.17. The van der Waals surface area contributed by atoms with Gasteiger partial charge in [0.15, 0.2) is 0 Å². The summed E-state index contributed by atoms with van der Waals surface area (Å²) < 4.78 is 13.2. The highest BCUT2D eigenvalue weighted by Gasteiger charge is 2.19. The molecule has 110 valence electrons. The summed E-state index contributed by atoms with van der Waals surface area (Å²) in [6, 6.07) is 8.23. The summed E-state index contributed by atoms with van der Waals surface area (Å²) in [6.45, 7) is 1.67. The van der Waals surface area contributed by atoms with E-state index in [-0.39, 0.29) is 11.7 Å². The topological polar surface area (TPSA) is 65.1 Å². The Kier molecular flexibility index (Phi) is 4.82. The van der Waals surface area contributed by atoms with Crippen molar-refractivity contribution in [1.82, 2.24) is 10.3 Å². The first-order valence-electron chi connectivity index (χ1n) is 6.41. The van der Waals surface area contributed by atoms with E-state index in [0.717, 1.165) is 0 Å². The van der Waals surface area contributed by atoms with E-state index in [0.29, 0.717) is 15.8 Å². The summed E-state index contributed by atoms with van der Waals surface area (Å²) in [5.41, 5.74) is 0.869. The van der Waals surface area contributed by atoms with Crippen molar-refractivity contribution in [3.05, 3.63) is 64.2 Å². The fourth-order valence-electron chi connectivity index (χ4n) is 1.91. The highest BCUT2D eigenvalue weighted by molar-refractivity contribution is 7.71. The maximum Gasteiger partial charge on any atom is 0.254 e. The number of carbonyl (C=O) groups excluding carboxylic acids is 1. The standard InChI is InChI=1S/C15H15FN2O2S/c1-9(13(19)10-4-6-11(16)7-5-10)18-14(20)12-3-2-8-17-15(12)21/h2-9,13,19H,1H3,(H,17,21)(H,18,20)/t9-,13-/m1/s1. The summed E-state index contributed by atoms with van der Waals surface area (Å²) in [5, 5.41) is 12.9. The first-order chi connectivity index (χ1) is 9.99. The van der Waals surface area contributed by atoms with E-state index in [9.17, 15) is 14.3 Å². The molecule has 0 bridgehead atoms. The number of amides is 1. The lowest BCUT2D eigenvalue weighted by Gasteiger charge is -2.20. The third-order valence-electron chi connectivity index (χ3n) is 3.11. The Morgan fingerprint density at radius 3 is 2.62 bits per heavy atom. The predicted molar refractivity (Wildman–Crippen MR) is 79.9 cm³/mol. The molecule has 0 aliphatic carbocycles. The second-order valence-electron chi connectivity index (χ2n) is 4.67. The highest BCUT2D eigenvalue weighted by atomic mass is 32.1. The summed E-state index contributed by atoms with van der Waals surface area (Å²) in [7, 11) is 0. The van der Waals surface area contributed by atoms with Gasteiger partial charge in [-0.05, 0) is 36.8 Å². The number of nitrogens with one attached hydrogen (secondary N) is 2. The van der Waals surface area contributed by atoms with Gasteiger partial charge in [-0.1, -0.05) is 24.4 Å². The zero-order valence-corrected chi connectivity index (χ0v) is 12.2. The maximum absolute atomic E-state index is 12.9. The lowest BCUT2D eigenvalue weighted by atomic mass is 10.0. The van der Waals surface area contributed by atoms with Gasteiger partial charge < -0.3 is 15.4 Å². The van der Waals surface area contributed by atoms with Crippen LogP contribution in [0.25, 0.3) is 0 Å². The van der Waals surface area contributed by atoms with Gasteiger partial charge in [-0.25, -0.2) is 4.39 Å². The molecule has 0 radical (unpaired) electrons. The van der Waals surface area contributed by atoms with Crippen LogP contribution in [0.1, 0.15) is 28.9 Å². The van der Waals surface area contributed by atoms with E-state index in [1.54, 1.807) is 25.3 Å². The molecule has 1 amide bonds. The van der Waals surface area contributed by atoms with Crippen molar-refractivity contribution in [2.24, 2.45) is 0 Å². The molecule has 0 unspecified atom stereocenters. The zero-order chi connectivity index (χ0) is 15.4. The van der Waals surface area contributed by atoms with E-state index in [1.165, 1.54) is 24.3 Å². The number of hydrogen-bond acceptors (Lipinski definition) is 3. The normalized spacial score (nSPS) is 13.5. The average Bonchev–Trinajstić information content (AvgIpc) is 2.47. The van der Waals surface area contributed by atoms with Crippen molar-refractivity contribution < 1.29 is 14.3 Å². The largest absolute Gasteiger partial charge is 0.386 e. The molecule has 21 heavy (non-hydrogen) atoms. The van der Waals surface area contributed by atoms with Gasteiger partial charge in [-0.3, -0.25) is 4.79 Å². The first kappa shape index (κ1) is 15.3. The van der Waals surface area contributed by atoms with Crippen molar-refractivity contribution in [2.75, 3.05) is 0 Å². The summed E-state index contributed by atoms with van der Waals surface area (Å²) in [6.07, 6.45) is 0.700. The minimum Gasteiger partial charge on any atom is -0.386 e. The lowest BCUT2D eigenvalue weighted by molar-refractivity contribution is 0.0851. The van der Waals surface area contributed by atoms with Crippen LogP contribution < -0.4 is 5.32 Å². The maximum atomic E-state index is 12.9. The number of rotatable bonds is 4. The zero-order valence-electron chi connectivity index (χ0n) is 11.3. The quantitative estimate of drug-likeness (QED) is 0.761. The van der Waals surface area contributed by atoms with Crippen LogP contribution in [0.2, 0.25) is 0 Å². The minimum atomic E-state index is -0.934. The molecular weight excluding hydrogens is 291 g/mol. The van der Waals surface area contributed by atoms with Gasteiger partial charge in [-0.15, -0.1) is 0 Å². The van der Waals surface area contributed by atoms with Crippen LogP contribution in [0.4, 0.5) is 4.39 Å². The van der Waals surface area contributed by atoms with Gasteiger partial charge in [0.05, 0.1) is 17.7 Å². The van der Waals surface area contributed by atoms with Gasteiger partial charge in [-0.2, -0.15) is 0 Å². The van der Waals surface area contributed by atoms with Crippen LogP contribution >= 0.6 is 12.2 Å². The Balaban J connectivity index is 2.09. The number of halogens is 1. The fraction of sp³-hybridized carbons (Fsp3) is 0.200. The number of aliphatic hydroxyl groups excluding tert-OH is 1. The lowest BCUT2D eigenvalue weighted by Crippen LogP contribution is -2.37. The number of benzene rings is 1. The number of carbonyl (C=O) groups is 1. The van der Waals surface area contributed by atoms with E-state index in [4.69, 9.17) is 12.2 Å². The van der Waals surface area contributed by atoms with Crippen molar-refractivity contribution in [2.45, 2.75) is 19.1 Å². The summed E-state index contributed by atoms with van der Waals surface area (Å²) in [5.74, 6) is -0.747. The monoisotopic (exact) mass is 306 g/mol. The molecule has 6 heteroatoms. The third kappa shape index (κ3) is 3.74. The van der Waals surface area contributed by atoms with Crippen LogP contribution in [0.3, 0.4) is 0 Å². The third-order valence-corrected chi connectivity index (χ3v) is 3.44. The molecule has 2 rings (SSSR count). The summed E-state index contributed by atoms with van der Waals surface area (Å²) >= 11 is 5.03. The Bertz CT molecular complexity index is 685. The molecule has 0 saturated heterocycles. The van der Waals surface area contributed by atoms with Crippen LogP contribution in [0.5, 0.6) is 0 Å². The number of H-pyrrole nitrogens is 1. The van der Waals surface area contributed by atoms with Gasteiger partial charge in [0.25, 0.3) is 5.91 Å². The SMILES string of the molecule is C[C@@H](NC(=O)c1ccc[nH]c1=S)[C@@H](O)c1ccc(F)cc1.